The molecule has 3 saturated heterocycles. The minimum atomic E-state index is -1.03. The fourth-order valence-corrected chi connectivity index (χ4v) is 3.02. The van der Waals surface area contributed by atoms with Crippen LogP contribution in [0.25, 0.3) is 0 Å². The summed E-state index contributed by atoms with van der Waals surface area (Å²) in [6.07, 6.45) is 2.09. The average molecular weight is 244 g/mol. The van der Waals surface area contributed by atoms with E-state index in [1.54, 1.807) is 0 Å². The third-order valence-electron chi connectivity index (χ3n) is 4.28. The van der Waals surface area contributed by atoms with Gasteiger partial charge in [0.25, 0.3) is 0 Å². The molecule has 2 amide bonds. The predicted octanol–water partition coefficient (Wildman–Crippen LogP) is 1.07. The minimum absolute atomic E-state index is 0.162. The Bertz CT molecular complexity index is 492. The fraction of sp³-hybridized carbons (Fsp3) is 0.429. The van der Waals surface area contributed by atoms with E-state index < -0.39 is 11.1 Å². The predicted molar refractivity (Wildman–Crippen MR) is 66.7 cm³/mol. The molecular weight excluding hydrogens is 228 g/mol. The molecule has 0 spiro atoms. The lowest BCUT2D eigenvalue weighted by molar-refractivity contribution is -0.152. The number of carbonyl (C=O) groups is 2. The molecule has 4 rings (SSSR count). The van der Waals surface area contributed by atoms with Crippen LogP contribution in [0.2, 0.25) is 0 Å². The highest BCUT2D eigenvalue weighted by atomic mass is 16.2. The van der Waals surface area contributed by atoms with Crippen LogP contribution in [0.3, 0.4) is 0 Å². The summed E-state index contributed by atoms with van der Waals surface area (Å²) in [5, 5.41) is 5.96. The zero-order valence-corrected chi connectivity index (χ0v) is 10.3. The molecule has 3 fully saturated rings. The van der Waals surface area contributed by atoms with E-state index in [-0.39, 0.29) is 11.8 Å². The number of benzene rings is 1. The highest BCUT2D eigenvalue weighted by Crippen LogP contribution is 2.41. The molecule has 2 bridgehead atoms. The summed E-state index contributed by atoms with van der Waals surface area (Å²) in [5.74, 6) is -0.323. The fourth-order valence-electron chi connectivity index (χ4n) is 3.02. The standard InChI is InChI=1S/C14H16N2O2/c1-2-13-8-9-14(11(17)15-13,12(18)16-13)10-6-4-3-5-7-10/h3-7H,2,8-9H2,1H3,(H,15,17)(H,16,18). The molecule has 0 atom stereocenters. The van der Waals surface area contributed by atoms with Gasteiger partial charge in [0.15, 0.2) is 5.41 Å². The van der Waals surface area contributed by atoms with Crippen LogP contribution in [0.4, 0.5) is 0 Å². The molecule has 3 aliphatic heterocycles. The van der Waals surface area contributed by atoms with E-state index in [1.807, 2.05) is 37.3 Å². The van der Waals surface area contributed by atoms with E-state index in [2.05, 4.69) is 10.6 Å². The highest BCUT2D eigenvalue weighted by molar-refractivity contribution is 6.14. The van der Waals surface area contributed by atoms with Crippen LogP contribution in [-0.4, -0.2) is 17.5 Å². The van der Waals surface area contributed by atoms with E-state index >= 15 is 0 Å². The van der Waals surface area contributed by atoms with Crippen molar-refractivity contribution in [2.45, 2.75) is 37.3 Å². The zero-order valence-electron chi connectivity index (χ0n) is 10.3. The summed E-state index contributed by atoms with van der Waals surface area (Å²) in [5.41, 5.74) is -0.771. The first kappa shape index (κ1) is 11.3. The monoisotopic (exact) mass is 244 g/mol. The molecule has 2 N–H and O–H groups in total. The first-order chi connectivity index (χ1) is 8.63. The van der Waals surface area contributed by atoms with Gasteiger partial charge in [-0.05, 0) is 24.8 Å². The number of amides is 2. The van der Waals surface area contributed by atoms with Gasteiger partial charge in [0.1, 0.15) is 5.66 Å². The van der Waals surface area contributed by atoms with Crippen molar-refractivity contribution >= 4 is 11.8 Å². The Hall–Kier alpha value is -1.84. The van der Waals surface area contributed by atoms with E-state index in [0.717, 1.165) is 18.4 Å². The van der Waals surface area contributed by atoms with Crippen LogP contribution < -0.4 is 10.6 Å². The molecule has 3 aliphatic rings. The van der Waals surface area contributed by atoms with Crippen LogP contribution >= 0.6 is 0 Å². The van der Waals surface area contributed by atoms with Gasteiger partial charge in [0, 0.05) is 0 Å². The molecule has 18 heavy (non-hydrogen) atoms. The van der Waals surface area contributed by atoms with E-state index in [9.17, 15) is 9.59 Å². The molecule has 0 radical (unpaired) electrons. The molecule has 0 aliphatic carbocycles. The number of nitrogens with one attached hydrogen (secondary N) is 2. The van der Waals surface area contributed by atoms with Crippen LogP contribution in [0.5, 0.6) is 0 Å². The maximum absolute atomic E-state index is 12.4. The molecule has 94 valence electrons. The van der Waals surface area contributed by atoms with Crippen molar-refractivity contribution in [3.8, 4) is 0 Å². The SMILES string of the molecule is CCC12CCC(c3ccccc3)(C(=O)N1)C(=O)N2. The third kappa shape index (κ3) is 1.26. The van der Waals surface area contributed by atoms with Crippen molar-refractivity contribution < 1.29 is 9.59 Å². The molecule has 3 heterocycles. The molecule has 0 aromatic heterocycles. The molecule has 0 unspecified atom stereocenters. The molecule has 1 aromatic rings. The Morgan fingerprint density at radius 3 is 2.17 bits per heavy atom. The van der Waals surface area contributed by atoms with Crippen molar-refractivity contribution in [2.75, 3.05) is 0 Å². The Kier molecular flexibility index (Phi) is 2.24. The second-order valence-corrected chi connectivity index (χ2v) is 5.12. The zero-order chi connectivity index (χ0) is 12.8. The van der Waals surface area contributed by atoms with Gasteiger partial charge in [-0.1, -0.05) is 37.3 Å². The molecule has 0 saturated carbocycles. The number of carbonyl (C=O) groups excluding carboxylic acids is 2. The summed E-state index contributed by atoms with van der Waals surface area (Å²) in [7, 11) is 0. The van der Waals surface area contributed by atoms with Gasteiger partial charge in [-0.3, -0.25) is 9.59 Å². The molecule has 4 heteroatoms. The Labute approximate surface area is 106 Å². The summed E-state index contributed by atoms with van der Waals surface area (Å²) in [6, 6.07) is 9.31. The van der Waals surface area contributed by atoms with E-state index in [0.29, 0.717) is 6.42 Å². The number of rotatable bonds is 2. The van der Waals surface area contributed by atoms with Crippen molar-refractivity contribution in [1.82, 2.24) is 10.6 Å². The lowest BCUT2D eigenvalue weighted by atomic mass is 9.66. The van der Waals surface area contributed by atoms with Gasteiger partial charge >= 0.3 is 0 Å². The maximum atomic E-state index is 12.4. The normalized spacial score (nSPS) is 34.1. The van der Waals surface area contributed by atoms with Crippen molar-refractivity contribution in [2.24, 2.45) is 0 Å². The Morgan fingerprint density at radius 2 is 1.67 bits per heavy atom. The van der Waals surface area contributed by atoms with Crippen LogP contribution in [0, 0.1) is 0 Å². The number of piperidine rings is 2. The first-order valence-corrected chi connectivity index (χ1v) is 6.34. The lowest BCUT2D eigenvalue weighted by Crippen LogP contribution is -2.77. The largest absolute Gasteiger partial charge is 0.332 e. The Balaban J connectivity index is 2.09. The van der Waals surface area contributed by atoms with Crippen LogP contribution in [-0.2, 0) is 15.0 Å². The molecular formula is C14H16N2O2. The van der Waals surface area contributed by atoms with E-state index in [4.69, 9.17) is 0 Å². The summed E-state index contributed by atoms with van der Waals surface area (Å²) >= 11 is 0. The van der Waals surface area contributed by atoms with Gasteiger partial charge in [-0.15, -0.1) is 0 Å². The topological polar surface area (TPSA) is 58.2 Å². The van der Waals surface area contributed by atoms with Crippen molar-refractivity contribution in [1.29, 1.82) is 0 Å². The summed E-state index contributed by atoms with van der Waals surface area (Å²) < 4.78 is 0. The van der Waals surface area contributed by atoms with Gasteiger partial charge in [-0.25, -0.2) is 0 Å². The number of hydrogen-bond donors (Lipinski definition) is 2. The number of fused-ring (bicyclic) bond motifs is 3. The van der Waals surface area contributed by atoms with Crippen molar-refractivity contribution in [3.05, 3.63) is 35.9 Å². The van der Waals surface area contributed by atoms with Crippen molar-refractivity contribution in [3.63, 3.8) is 0 Å². The smallest absolute Gasteiger partial charge is 0.242 e. The molecule has 1 aromatic carbocycles. The van der Waals surface area contributed by atoms with Crippen LogP contribution in [0.1, 0.15) is 31.7 Å². The molecule has 4 nitrogen and oxygen atoms in total. The second-order valence-electron chi connectivity index (χ2n) is 5.12. The van der Waals surface area contributed by atoms with Crippen LogP contribution in [0.15, 0.2) is 30.3 Å². The number of hydrogen-bond acceptors (Lipinski definition) is 2. The van der Waals surface area contributed by atoms with Gasteiger partial charge < -0.3 is 10.6 Å². The van der Waals surface area contributed by atoms with Gasteiger partial charge in [0.05, 0.1) is 0 Å². The lowest BCUT2D eigenvalue weighted by Gasteiger charge is -2.52. The van der Waals surface area contributed by atoms with E-state index in [1.165, 1.54) is 0 Å². The Morgan fingerprint density at radius 1 is 1.06 bits per heavy atom. The minimum Gasteiger partial charge on any atom is -0.332 e. The first-order valence-electron chi connectivity index (χ1n) is 6.34. The maximum Gasteiger partial charge on any atom is 0.242 e. The average Bonchev–Trinajstić information content (AvgIpc) is 2.40. The van der Waals surface area contributed by atoms with Gasteiger partial charge in [0.2, 0.25) is 11.8 Å². The quantitative estimate of drug-likeness (QED) is 0.765. The third-order valence-corrected chi connectivity index (χ3v) is 4.28. The van der Waals surface area contributed by atoms with Gasteiger partial charge in [-0.2, -0.15) is 0 Å². The summed E-state index contributed by atoms with van der Waals surface area (Å²) in [4.78, 5) is 24.8. The highest BCUT2D eigenvalue weighted by Gasteiger charge is 2.59. The second kappa shape index (κ2) is 3.57. The summed E-state index contributed by atoms with van der Waals surface area (Å²) in [6.45, 7) is 1.97.